The van der Waals surface area contributed by atoms with Crippen molar-refractivity contribution in [2.75, 3.05) is 7.05 Å². The summed E-state index contributed by atoms with van der Waals surface area (Å²) < 4.78 is 51.8. The predicted octanol–water partition coefficient (Wildman–Crippen LogP) is 4.81. The molecule has 0 aliphatic heterocycles. The molecule has 2 aromatic rings. The first-order valence-corrected chi connectivity index (χ1v) is 6.50. The normalized spacial score (nSPS) is 13.2. The number of rotatable bonds is 3. The smallest absolute Gasteiger partial charge is 0.309 e. The Hall–Kier alpha value is -1.59. The lowest BCUT2D eigenvalue weighted by Gasteiger charge is -2.19. The molecule has 0 aliphatic rings. The zero-order chi connectivity index (χ0) is 15.6. The van der Waals surface area contributed by atoms with Gasteiger partial charge < -0.3 is 5.32 Å². The molecular weight excluding hydrogens is 306 g/mol. The maximum atomic E-state index is 13.5. The van der Waals surface area contributed by atoms with Crippen LogP contribution in [0.3, 0.4) is 0 Å². The SMILES string of the molecule is CNC(c1cccc(C(F)(F)F)c1)c1ccc(Cl)c(F)c1. The van der Waals surface area contributed by atoms with Gasteiger partial charge in [0, 0.05) is 0 Å². The van der Waals surface area contributed by atoms with E-state index in [1.807, 2.05) is 0 Å². The quantitative estimate of drug-likeness (QED) is 0.801. The summed E-state index contributed by atoms with van der Waals surface area (Å²) in [7, 11) is 1.59. The van der Waals surface area contributed by atoms with Gasteiger partial charge in [0.2, 0.25) is 0 Å². The van der Waals surface area contributed by atoms with E-state index in [4.69, 9.17) is 11.6 Å². The third-order valence-electron chi connectivity index (χ3n) is 3.11. The number of halogens is 5. The number of hydrogen-bond acceptors (Lipinski definition) is 1. The highest BCUT2D eigenvalue weighted by molar-refractivity contribution is 6.30. The van der Waals surface area contributed by atoms with Crippen LogP contribution in [0.25, 0.3) is 0 Å². The molecule has 0 saturated carbocycles. The number of nitrogens with one attached hydrogen (secondary N) is 1. The molecule has 1 atom stereocenters. The second-order valence-electron chi connectivity index (χ2n) is 4.52. The van der Waals surface area contributed by atoms with Crippen LogP contribution in [0.5, 0.6) is 0 Å². The molecule has 0 bridgehead atoms. The van der Waals surface area contributed by atoms with Crippen molar-refractivity contribution < 1.29 is 17.6 Å². The fourth-order valence-electron chi connectivity index (χ4n) is 2.11. The Labute approximate surface area is 124 Å². The maximum Gasteiger partial charge on any atom is 0.416 e. The Balaban J connectivity index is 2.44. The highest BCUT2D eigenvalue weighted by atomic mass is 35.5. The summed E-state index contributed by atoms with van der Waals surface area (Å²) >= 11 is 5.62. The van der Waals surface area contributed by atoms with Crippen LogP contribution in [0.1, 0.15) is 22.7 Å². The van der Waals surface area contributed by atoms with Crippen LogP contribution >= 0.6 is 11.6 Å². The molecular formula is C15H12ClF4N. The van der Waals surface area contributed by atoms with E-state index >= 15 is 0 Å². The van der Waals surface area contributed by atoms with Crippen molar-refractivity contribution in [2.45, 2.75) is 12.2 Å². The molecule has 1 nitrogen and oxygen atoms in total. The van der Waals surface area contributed by atoms with Crippen LogP contribution < -0.4 is 5.32 Å². The molecule has 0 aliphatic carbocycles. The van der Waals surface area contributed by atoms with Crippen LogP contribution in [0.15, 0.2) is 42.5 Å². The van der Waals surface area contributed by atoms with Crippen molar-refractivity contribution in [3.8, 4) is 0 Å². The van der Waals surface area contributed by atoms with Crippen molar-refractivity contribution in [1.29, 1.82) is 0 Å². The Morgan fingerprint density at radius 1 is 1.05 bits per heavy atom. The minimum atomic E-state index is -4.42. The molecule has 0 aromatic heterocycles. The van der Waals surface area contributed by atoms with E-state index in [2.05, 4.69) is 5.32 Å². The molecule has 0 heterocycles. The van der Waals surface area contributed by atoms with Crippen LogP contribution in [-0.2, 0) is 6.18 Å². The first kappa shape index (κ1) is 15.8. The van der Waals surface area contributed by atoms with E-state index in [1.165, 1.54) is 18.2 Å². The lowest BCUT2D eigenvalue weighted by Crippen LogP contribution is -2.18. The van der Waals surface area contributed by atoms with Crippen molar-refractivity contribution in [2.24, 2.45) is 0 Å². The Kier molecular flexibility index (Phi) is 4.54. The zero-order valence-corrected chi connectivity index (χ0v) is 11.8. The number of benzene rings is 2. The van der Waals surface area contributed by atoms with Gasteiger partial charge in [0.1, 0.15) is 5.82 Å². The highest BCUT2D eigenvalue weighted by Crippen LogP contribution is 2.32. The van der Waals surface area contributed by atoms with E-state index in [0.717, 1.165) is 12.1 Å². The molecule has 2 rings (SSSR count). The van der Waals surface area contributed by atoms with Crippen molar-refractivity contribution in [3.63, 3.8) is 0 Å². The summed E-state index contributed by atoms with van der Waals surface area (Å²) in [5, 5.41) is 2.85. The van der Waals surface area contributed by atoms with Crippen LogP contribution in [-0.4, -0.2) is 7.05 Å². The molecule has 0 radical (unpaired) electrons. The second-order valence-corrected chi connectivity index (χ2v) is 4.93. The second kappa shape index (κ2) is 6.03. The zero-order valence-electron chi connectivity index (χ0n) is 11.0. The molecule has 1 N–H and O–H groups in total. The molecule has 21 heavy (non-hydrogen) atoms. The van der Waals surface area contributed by atoms with Gasteiger partial charge in [0.05, 0.1) is 16.6 Å². The summed E-state index contributed by atoms with van der Waals surface area (Å²) in [6.45, 7) is 0. The lowest BCUT2D eigenvalue weighted by atomic mass is 9.97. The first-order valence-electron chi connectivity index (χ1n) is 6.12. The van der Waals surface area contributed by atoms with Gasteiger partial charge in [-0.3, -0.25) is 0 Å². The van der Waals surface area contributed by atoms with E-state index < -0.39 is 23.6 Å². The van der Waals surface area contributed by atoms with Gasteiger partial charge in [-0.05, 0) is 42.4 Å². The predicted molar refractivity (Wildman–Crippen MR) is 73.8 cm³/mol. The van der Waals surface area contributed by atoms with E-state index in [0.29, 0.717) is 11.1 Å². The van der Waals surface area contributed by atoms with Gasteiger partial charge in [-0.15, -0.1) is 0 Å². The molecule has 0 saturated heterocycles. The van der Waals surface area contributed by atoms with Crippen molar-refractivity contribution in [1.82, 2.24) is 5.32 Å². The highest BCUT2D eigenvalue weighted by Gasteiger charge is 2.31. The minimum absolute atomic E-state index is 0.0300. The fraction of sp³-hybridized carbons (Fsp3) is 0.200. The van der Waals surface area contributed by atoms with E-state index in [-0.39, 0.29) is 5.02 Å². The van der Waals surface area contributed by atoms with Crippen LogP contribution in [0.2, 0.25) is 5.02 Å². The monoisotopic (exact) mass is 317 g/mol. The van der Waals surface area contributed by atoms with Gasteiger partial charge in [-0.1, -0.05) is 29.8 Å². The lowest BCUT2D eigenvalue weighted by molar-refractivity contribution is -0.137. The average molecular weight is 318 g/mol. The van der Waals surface area contributed by atoms with Gasteiger partial charge >= 0.3 is 6.18 Å². The Morgan fingerprint density at radius 2 is 1.71 bits per heavy atom. The molecule has 2 aromatic carbocycles. The summed E-state index contributed by atoms with van der Waals surface area (Å²) in [5.74, 6) is -0.610. The summed E-state index contributed by atoms with van der Waals surface area (Å²) in [6.07, 6.45) is -4.42. The largest absolute Gasteiger partial charge is 0.416 e. The summed E-state index contributed by atoms with van der Waals surface area (Å²) in [5.41, 5.74) is 0.155. The third-order valence-corrected chi connectivity index (χ3v) is 3.42. The van der Waals surface area contributed by atoms with Gasteiger partial charge in [0.25, 0.3) is 0 Å². The van der Waals surface area contributed by atoms with Crippen LogP contribution in [0, 0.1) is 5.82 Å². The van der Waals surface area contributed by atoms with E-state index in [1.54, 1.807) is 19.2 Å². The molecule has 1 unspecified atom stereocenters. The van der Waals surface area contributed by atoms with Gasteiger partial charge in [-0.25, -0.2) is 4.39 Å². The van der Waals surface area contributed by atoms with Crippen molar-refractivity contribution in [3.05, 3.63) is 70.0 Å². The minimum Gasteiger partial charge on any atom is -0.309 e. The summed E-state index contributed by atoms with van der Waals surface area (Å²) in [6, 6.07) is 8.55. The Morgan fingerprint density at radius 3 is 2.29 bits per heavy atom. The summed E-state index contributed by atoms with van der Waals surface area (Å²) in [4.78, 5) is 0. The molecule has 0 fully saturated rings. The van der Waals surface area contributed by atoms with Crippen LogP contribution in [0.4, 0.5) is 17.6 Å². The number of hydrogen-bond donors (Lipinski definition) is 1. The topological polar surface area (TPSA) is 12.0 Å². The van der Waals surface area contributed by atoms with Gasteiger partial charge in [0.15, 0.2) is 0 Å². The molecule has 0 spiro atoms. The van der Waals surface area contributed by atoms with Crippen molar-refractivity contribution >= 4 is 11.6 Å². The number of alkyl halides is 3. The Bertz CT molecular complexity index is 640. The van der Waals surface area contributed by atoms with Gasteiger partial charge in [-0.2, -0.15) is 13.2 Å². The van der Waals surface area contributed by atoms with E-state index in [9.17, 15) is 17.6 Å². The molecule has 6 heteroatoms. The standard InChI is InChI=1S/C15H12ClF4N/c1-21-14(10-5-6-12(16)13(17)8-10)9-3-2-4-11(7-9)15(18,19)20/h2-8,14,21H,1H3. The maximum absolute atomic E-state index is 13.5. The average Bonchev–Trinajstić information content (AvgIpc) is 2.43. The molecule has 0 amide bonds. The fourth-order valence-corrected chi connectivity index (χ4v) is 2.23. The molecule has 112 valence electrons. The third kappa shape index (κ3) is 3.54. The first-order chi connectivity index (χ1) is 9.82.